The molecule has 7 nitrogen and oxygen atoms in total. The molecule has 4 rings (SSSR count). The van der Waals surface area contributed by atoms with Crippen molar-refractivity contribution < 1.29 is 13.2 Å². The van der Waals surface area contributed by atoms with Gasteiger partial charge in [-0.3, -0.25) is 0 Å². The normalized spacial score (nSPS) is 11.4. The lowest BCUT2D eigenvalue weighted by Gasteiger charge is -2.02. The van der Waals surface area contributed by atoms with Gasteiger partial charge in [0.1, 0.15) is 10.8 Å². The molecule has 0 amide bonds. The summed E-state index contributed by atoms with van der Waals surface area (Å²) in [5.41, 5.74) is 0.509. The van der Waals surface area contributed by atoms with Crippen LogP contribution in [0.4, 0.5) is 24.0 Å². The van der Waals surface area contributed by atoms with Crippen LogP contribution in [0.5, 0.6) is 0 Å². The Labute approximate surface area is 152 Å². The molecule has 0 aliphatic rings. The van der Waals surface area contributed by atoms with E-state index in [2.05, 4.69) is 30.8 Å². The lowest BCUT2D eigenvalue weighted by atomic mass is 10.3. The van der Waals surface area contributed by atoms with Crippen molar-refractivity contribution in [3.8, 4) is 0 Å². The number of nitrogens with one attached hydrogen (secondary N) is 1. The number of benzene rings is 1. The molecule has 0 bridgehead atoms. The molecule has 0 spiro atoms. The van der Waals surface area contributed by atoms with Crippen molar-refractivity contribution in [2.45, 2.75) is 15.8 Å². The van der Waals surface area contributed by atoms with Crippen LogP contribution < -0.4 is 5.32 Å². The summed E-state index contributed by atoms with van der Waals surface area (Å²) in [7, 11) is 0. The van der Waals surface area contributed by atoms with Crippen molar-refractivity contribution in [2.24, 2.45) is 0 Å². The topological polar surface area (TPSA) is 80.9 Å². The van der Waals surface area contributed by atoms with E-state index in [1.54, 1.807) is 24.3 Å². The molecule has 0 aliphatic carbocycles. The predicted molar refractivity (Wildman–Crippen MR) is 89.5 cm³/mol. The van der Waals surface area contributed by atoms with E-state index >= 15 is 0 Å². The first-order valence-corrected chi connectivity index (χ1v) is 8.77. The molecular weight excluding hydrogens is 387 g/mol. The predicted octanol–water partition coefficient (Wildman–Crippen LogP) is 3.95. The van der Waals surface area contributed by atoms with Gasteiger partial charge in [0.25, 0.3) is 6.43 Å². The Morgan fingerprint density at radius 2 is 1.88 bits per heavy atom. The van der Waals surface area contributed by atoms with Gasteiger partial charge in [-0.15, -0.1) is 20.4 Å². The van der Waals surface area contributed by atoms with Gasteiger partial charge in [0.15, 0.2) is 9.99 Å². The van der Waals surface area contributed by atoms with E-state index in [-0.39, 0.29) is 11.3 Å². The van der Waals surface area contributed by atoms with Crippen LogP contribution in [0.15, 0.2) is 45.8 Å². The van der Waals surface area contributed by atoms with Crippen LogP contribution in [0, 0.1) is 5.82 Å². The maximum Gasteiger partial charge on any atom is 0.299 e. The third-order valence-corrected chi connectivity index (χ3v) is 4.99. The number of alkyl halides is 2. The summed E-state index contributed by atoms with van der Waals surface area (Å²) in [6.07, 6.45) is -2.78. The summed E-state index contributed by atoms with van der Waals surface area (Å²) in [6.45, 7) is 0. The molecular formula is C14H8F3N7S2. The number of rotatable bonds is 5. The molecule has 0 aliphatic heterocycles. The Hall–Kier alpha value is -2.73. The molecule has 0 unspecified atom stereocenters. The number of halogens is 3. The van der Waals surface area contributed by atoms with Crippen LogP contribution in [0.3, 0.4) is 0 Å². The summed E-state index contributed by atoms with van der Waals surface area (Å²) >= 11 is 2.32. The van der Waals surface area contributed by atoms with Crippen LogP contribution in [-0.2, 0) is 0 Å². The number of fused-ring (bicyclic) bond motifs is 1. The van der Waals surface area contributed by atoms with Gasteiger partial charge in [-0.05, 0) is 36.0 Å². The van der Waals surface area contributed by atoms with E-state index in [0.717, 1.165) is 16.3 Å². The van der Waals surface area contributed by atoms with Gasteiger partial charge in [0, 0.05) is 0 Å². The number of hydrogen-bond acceptors (Lipinski definition) is 8. The fraction of sp³-hybridized carbons (Fsp3) is 0.0714. The number of aromatic nitrogens is 6. The van der Waals surface area contributed by atoms with Gasteiger partial charge in [-0.25, -0.2) is 13.2 Å². The van der Waals surface area contributed by atoms with Crippen LogP contribution in [0.1, 0.15) is 12.2 Å². The van der Waals surface area contributed by atoms with Crippen LogP contribution >= 0.6 is 23.1 Å². The van der Waals surface area contributed by atoms with E-state index in [1.165, 1.54) is 23.5 Å². The minimum Gasteiger partial charge on any atom is -0.328 e. The molecule has 3 aromatic heterocycles. The molecule has 0 atom stereocenters. The van der Waals surface area contributed by atoms with Crippen molar-refractivity contribution in [3.63, 3.8) is 0 Å². The Kier molecular flexibility index (Phi) is 4.42. The van der Waals surface area contributed by atoms with E-state index in [0.29, 0.717) is 14.5 Å². The Morgan fingerprint density at radius 1 is 1.04 bits per heavy atom. The zero-order valence-electron chi connectivity index (χ0n) is 12.7. The van der Waals surface area contributed by atoms with Crippen molar-refractivity contribution in [2.75, 3.05) is 5.32 Å². The largest absolute Gasteiger partial charge is 0.328 e. The number of para-hydroxylation sites is 1. The summed E-state index contributed by atoms with van der Waals surface area (Å²) < 4.78 is 41.0. The average molecular weight is 395 g/mol. The van der Waals surface area contributed by atoms with E-state index in [4.69, 9.17) is 0 Å². The minimum atomic E-state index is -2.78. The minimum absolute atomic E-state index is 0.226. The fourth-order valence-corrected chi connectivity index (χ4v) is 3.72. The molecule has 1 aromatic carbocycles. The van der Waals surface area contributed by atoms with Gasteiger partial charge >= 0.3 is 0 Å². The smallest absolute Gasteiger partial charge is 0.299 e. The first kappa shape index (κ1) is 16.7. The highest BCUT2D eigenvalue weighted by atomic mass is 32.2. The molecule has 12 heteroatoms. The summed E-state index contributed by atoms with van der Waals surface area (Å²) in [6, 6.07) is 9.35. The molecule has 0 saturated heterocycles. The first-order valence-electron chi connectivity index (χ1n) is 7.13. The average Bonchev–Trinajstić information content (AvgIpc) is 3.23. The molecule has 132 valence electrons. The second-order valence-electron chi connectivity index (χ2n) is 4.88. The summed E-state index contributed by atoms with van der Waals surface area (Å²) in [5, 5.41) is 22.7. The fourth-order valence-electron chi connectivity index (χ4n) is 2.05. The third kappa shape index (κ3) is 3.32. The Bertz CT molecular complexity index is 1070. The van der Waals surface area contributed by atoms with E-state index in [9.17, 15) is 13.2 Å². The maximum absolute atomic E-state index is 13.7. The standard InChI is InChI=1S/C14H8F3N7S2/c15-7-3-1-2-4-8(7)18-13-21-22-14(26-13)25-10-6-5-9-19-20-12(11(16)17)24(9)23-10/h1-6,11H,(H,18,21). The van der Waals surface area contributed by atoms with Crippen molar-refractivity contribution in [1.82, 2.24) is 30.0 Å². The van der Waals surface area contributed by atoms with Crippen LogP contribution in [0.2, 0.25) is 0 Å². The number of anilines is 2. The van der Waals surface area contributed by atoms with E-state index < -0.39 is 18.1 Å². The zero-order valence-corrected chi connectivity index (χ0v) is 14.3. The highest BCUT2D eigenvalue weighted by Gasteiger charge is 2.17. The van der Waals surface area contributed by atoms with E-state index in [1.807, 2.05) is 0 Å². The Balaban J connectivity index is 1.55. The second kappa shape index (κ2) is 6.88. The molecule has 26 heavy (non-hydrogen) atoms. The van der Waals surface area contributed by atoms with Crippen molar-refractivity contribution in [1.29, 1.82) is 0 Å². The molecule has 0 radical (unpaired) electrons. The first-order chi connectivity index (χ1) is 12.6. The Morgan fingerprint density at radius 3 is 2.69 bits per heavy atom. The van der Waals surface area contributed by atoms with Gasteiger partial charge < -0.3 is 5.32 Å². The number of hydrogen-bond donors (Lipinski definition) is 1. The molecule has 3 heterocycles. The molecule has 0 saturated carbocycles. The van der Waals surface area contributed by atoms with Gasteiger partial charge in [-0.1, -0.05) is 23.5 Å². The van der Waals surface area contributed by atoms with Crippen LogP contribution in [0.25, 0.3) is 5.65 Å². The van der Waals surface area contributed by atoms with Gasteiger partial charge in [0.05, 0.1) is 5.69 Å². The lowest BCUT2D eigenvalue weighted by molar-refractivity contribution is 0.137. The quantitative estimate of drug-likeness (QED) is 0.548. The third-order valence-electron chi connectivity index (χ3n) is 3.17. The molecule has 4 aromatic rings. The second-order valence-corrected chi connectivity index (χ2v) is 7.13. The lowest BCUT2D eigenvalue weighted by Crippen LogP contribution is -2.00. The van der Waals surface area contributed by atoms with Crippen molar-refractivity contribution in [3.05, 3.63) is 48.0 Å². The highest BCUT2D eigenvalue weighted by Crippen LogP contribution is 2.32. The van der Waals surface area contributed by atoms with Gasteiger partial charge in [0.2, 0.25) is 11.0 Å². The monoisotopic (exact) mass is 395 g/mol. The van der Waals surface area contributed by atoms with Gasteiger partial charge in [-0.2, -0.15) is 9.61 Å². The molecule has 1 N–H and O–H groups in total. The highest BCUT2D eigenvalue weighted by molar-refractivity contribution is 8.01. The summed E-state index contributed by atoms with van der Waals surface area (Å²) in [5.74, 6) is -0.933. The maximum atomic E-state index is 13.7. The SMILES string of the molecule is Fc1ccccc1Nc1nnc(Sc2ccc3nnc(C(F)F)n3n2)s1. The van der Waals surface area contributed by atoms with Crippen molar-refractivity contribution >= 4 is 39.6 Å². The zero-order chi connectivity index (χ0) is 18.1. The summed E-state index contributed by atoms with van der Waals surface area (Å²) in [4.78, 5) is 0. The number of nitrogens with zero attached hydrogens (tertiary/aromatic N) is 6. The molecule has 0 fully saturated rings. The van der Waals surface area contributed by atoms with Crippen LogP contribution in [-0.4, -0.2) is 30.0 Å².